The van der Waals surface area contributed by atoms with E-state index in [0.717, 1.165) is 0 Å². The van der Waals surface area contributed by atoms with E-state index in [1.165, 1.54) is 18.2 Å². The second-order valence-electron chi connectivity index (χ2n) is 5.95. The lowest BCUT2D eigenvalue weighted by Gasteiger charge is -2.22. The van der Waals surface area contributed by atoms with E-state index < -0.39 is 56.4 Å². The van der Waals surface area contributed by atoms with Crippen LogP contribution in [0.25, 0.3) is 0 Å². The third-order valence-electron chi connectivity index (χ3n) is 4.07. The zero-order valence-electron chi connectivity index (χ0n) is 29.4. The van der Waals surface area contributed by atoms with Gasteiger partial charge in [-0.1, -0.05) is 25.2 Å². The summed E-state index contributed by atoms with van der Waals surface area (Å²) in [5.74, 6) is -0.897. The van der Waals surface area contributed by atoms with Crippen LogP contribution in [-0.2, 0) is 24.0 Å². The maximum absolute atomic E-state index is 12.1. The Balaban J connectivity index is 1.50. The van der Waals surface area contributed by atoms with Crippen LogP contribution in [0.3, 0.4) is 0 Å². The van der Waals surface area contributed by atoms with E-state index >= 15 is 0 Å². The van der Waals surface area contributed by atoms with Gasteiger partial charge in [-0.15, -0.1) is 5.10 Å². The second-order valence-corrected chi connectivity index (χ2v) is 5.95. The minimum Gasteiger partial charge on any atom is -0.494 e. The number of fused-ring (bicyclic) bond motifs is 1. The quantitative estimate of drug-likeness (QED) is 0.683. The maximum atomic E-state index is 12.1. The zero-order chi connectivity index (χ0) is 31.9. The lowest BCUT2D eigenvalue weighted by molar-refractivity contribution is -0.118. The van der Waals surface area contributed by atoms with Crippen LogP contribution >= 0.6 is 0 Å². The normalized spacial score (nSPS) is 40.1. The summed E-state index contributed by atoms with van der Waals surface area (Å²) in [4.78, 5) is 12.1. The van der Waals surface area contributed by atoms with Gasteiger partial charge < -0.3 is 4.74 Å². The Morgan fingerprint density at radius 3 is 2.96 bits per heavy atom. The second kappa shape index (κ2) is 8.63. The van der Waals surface area contributed by atoms with Gasteiger partial charge in [0.15, 0.2) is 5.82 Å². The van der Waals surface area contributed by atoms with Crippen LogP contribution in [0.5, 0.6) is 5.75 Å². The minimum absolute atomic E-state index is 0.00430. The van der Waals surface area contributed by atoms with Crippen LogP contribution in [-0.4, -0.2) is 32.6 Å². The first kappa shape index (κ1) is 7.64. The molecule has 1 aromatic carbocycles. The van der Waals surface area contributed by atoms with Gasteiger partial charge in [0.25, 0.3) is 0 Å². The van der Waals surface area contributed by atoms with E-state index in [-0.39, 0.29) is 49.4 Å². The monoisotopic (exact) mass is 383 g/mol. The van der Waals surface area contributed by atoms with Crippen molar-refractivity contribution in [2.24, 2.45) is 0 Å². The third-order valence-corrected chi connectivity index (χ3v) is 4.07. The number of carbonyl (C=O) groups excluding carboxylic acids is 1. The van der Waals surface area contributed by atoms with Crippen molar-refractivity contribution in [3.05, 3.63) is 35.2 Å². The van der Waals surface area contributed by atoms with E-state index in [0.29, 0.717) is 10.2 Å². The molecule has 2 aliphatic carbocycles. The molecule has 27 heavy (non-hydrogen) atoms. The number of unbranched alkanes of at least 4 members (excludes halogenated alkanes) is 1. The van der Waals surface area contributed by atoms with Crippen molar-refractivity contribution >= 4 is 5.78 Å². The highest BCUT2D eigenvalue weighted by atomic mass is 16.5. The summed E-state index contributed by atoms with van der Waals surface area (Å²) in [5, 5.41) is 10.6. The Morgan fingerprint density at radius 1 is 1.19 bits per heavy atom. The maximum Gasteiger partial charge on any atom is 0.151 e. The van der Waals surface area contributed by atoms with Crippen LogP contribution in [0, 0.1) is 0 Å². The van der Waals surface area contributed by atoms with Gasteiger partial charge in [-0.05, 0) is 65.6 Å². The summed E-state index contributed by atoms with van der Waals surface area (Å²) in [6, 6.07) is 0.880. The summed E-state index contributed by atoms with van der Waals surface area (Å²) in [6.45, 7) is 0.0498. The fourth-order valence-corrected chi connectivity index (χ4v) is 2.73. The van der Waals surface area contributed by atoms with Gasteiger partial charge in [0, 0.05) is 38.4 Å². The largest absolute Gasteiger partial charge is 0.494 e. The Labute approximate surface area is 181 Å². The predicted molar refractivity (Wildman–Crippen MR) is 102 cm³/mol. The number of nitrogens with zero attached hydrogens (tertiary/aromatic N) is 4. The first-order chi connectivity index (χ1) is 18.9. The topological polar surface area (TPSA) is 69.9 Å². The van der Waals surface area contributed by atoms with Crippen molar-refractivity contribution in [3.8, 4) is 5.75 Å². The summed E-state index contributed by atoms with van der Waals surface area (Å²) in [7, 11) is 0. The van der Waals surface area contributed by atoms with Gasteiger partial charge in [0.2, 0.25) is 0 Å². The van der Waals surface area contributed by atoms with Crippen molar-refractivity contribution in [2.75, 3.05) is 6.61 Å². The number of aromatic nitrogens is 4. The number of rotatable bonds is 7. The molecule has 1 saturated carbocycles. The van der Waals surface area contributed by atoms with Gasteiger partial charge in [-0.3, -0.25) is 4.79 Å². The van der Waals surface area contributed by atoms with Crippen molar-refractivity contribution in [1.82, 2.24) is 20.2 Å². The standard InChI is InChI=1S/C21H28N4O2/c26-19-11-9-17-15-20(12-10-16(17)14-19)27-13-5-4-8-21-22-23-24-25(21)18-6-2-1-3-7-18/h10,12,15,18H,1-9,11,13-14H2/i1D2,2D2,3D2,6D2,7D2,9D2,11D2,18D. The number of carbonyl (C=O) groups is 1. The van der Waals surface area contributed by atoms with Crippen LogP contribution in [0.15, 0.2) is 18.2 Å². The number of tetrazole rings is 1. The highest BCUT2D eigenvalue weighted by Gasteiger charge is 2.19. The molecule has 2 aliphatic rings. The van der Waals surface area contributed by atoms with Crippen LogP contribution < -0.4 is 4.74 Å². The van der Waals surface area contributed by atoms with Crippen molar-refractivity contribution in [2.45, 2.75) is 76.3 Å². The number of benzene rings is 1. The molecule has 2 aromatic rings. The fourth-order valence-electron chi connectivity index (χ4n) is 2.73. The van der Waals surface area contributed by atoms with Crippen molar-refractivity contribution in [3.63, 3.8) is 0 Å². The zero-order valence-corrected chi connectivity index (χ0v) is 14.4. The number of ether oxygens (including phenoxy) is 1. The van der Waals surface area contributed by atoms with E-state index in [2.05, 4.69) is 15.5 Å². The van der Waals surface area contributed by atoms with Gasteiger partial charge >= 0.3 is 0 Å². The van der Waals surface area contributed by atoms with Gasteiger partial charge in [-0.25, -0.2) is 4.68 Å². The Hall–Kier alpha value is -2.24. The van der Waals surface area contributed by atoms with Crippen molar-refractivity contribution in [1.29, 1.82) is 0 Å². The van der Waals surface area contributed by atoms with Crippen LogP contribution in [0.4, 0.5) is 0 Å². The molecule has 1 heterocycles. The highest BCUT2D eigenvalue weighted by molar-refractivity contribution is 5.83. The Kier molecular flexibility index (Phi) is 2.44. The molecular weight excluding hydrogens is 340 g/mol. The average molecular weight is 384 g/mol. The summed E-state index contributed by atoms with van der Waals surface area (Å²) < 4.78 is 129. The van der Waals surface area contributed by atoms with E-state index in [1.807, 2.05) is 0 Å². The highest BCUT2D eigenvalue weighted by Crippen LogP contribution is 2.28. The SMILES string of the molecule is [2H]C1([2H])C(=O)Cc2ccc(OCCCCc3nnnn3C3([2H])C([2H])([2H])C([2H])([2H])C([2H])([2H])C([2H])([2H])C3([2H])[2H])cc2C1([2H])[2H]. The molecule has 0 amide bonds. The molecule has 1 fully saturated rings. The lowest BCUT2D eigenvalue weighted by Crippen LogP contribution is -2.17. The van der Waals surface area contributed by atoms with Gasteiger partial charge in [0.1, 0.15) is 11.5 Å². The molecule has 0 atom stereocenters. The first-order valence-electron chi connectivity index (χ1n) is 16.0. The fraction of sp³-hybridized carbons (Fsp3) is 0.619. The summed E-state index contributed by atoms with van der Waals surface area (Å²) in [6.07, 6.45) is -23.4. The average Bonchev–Trinajstić information content (AvgIpc) is 3.35. The molecule has 0 radical (unpaired) electrons. The molecule has 144 valence electrons. The number of hydrogen-bond acceptors (Lipinski definition) is 5. The van der Waals surface area contributed by atoms with E-state index in [1.54, 1.807) is 0 Å². The smallest absolute Gasteiger partial charge is 0.151 e. The molecule has 1 aromatic heterocycles. The molecule has 4 rings (SSSR count). The van der Waals surface area contributed by atoms with E-state index in [4.69, 9.17) is 25.3 Å². The van der Waals surface area contributed by atoms with Crippen molar-refractivity contribution < 1.29 is 30.1 Å². The predicted octanol–water partition coefficient (Wildman–Crippen LogP) is 3.64. The minimum atomic E-state index is -3.68. The molecule has 0 saturated heterocycles. The molecular formula is C21H28N4O2. The number of ketones is 1. The lowest BCUT2D eigenvalue weighted by atomic mass is 9.91. The third kappa shape index (κ3) is 4.54. The Bertz CT molecular complexity index is 1360. The summed E-state index contributed by atoms with van der Waals surface area (Å²) in [5.41, 5.74) is 0.359. The molecule has 0 aliphatic heterocycles. The van der Waals surface area contributed by atoms with Gasteiger partial charge in [0.05, 0.1) is 14.0 Å². The molecule has 6 heteroatoms. The molecule has 0 N–H and O–H groups in total. The molecule has 6 nitrogen and oxygen atoms in total. The number of Topliss-reactive ketones (excluding diaryl/α,β-unsaturated/α-hetero) is 1. The number of aryl methyl sites for hydroxylation is 2. The van der Waals surface area contributed by atoms with Gasteiger partial charge in [-0.2, -0.15) is 0 Å². The Morgan fingerprint density at radius 2 is 2.07 bits per heavy atom. The summed E-state index contributed by atoms with van der Waals surface area (Å²) >= 11 is 0. The molecule has 0 bridgehead atoms. The molecule has 0 unspecified atom stereocenters. The first-order valence-corrected chi connectivity index (χ1v) is 8.52. The number of hydrogen-bond donors (Lipinski definition) is 0. The van der Waals surface area contributed by atoms with E-state index in [9.17, 15) is 4.79 Å². The molecule has 0 spiro atoms. The van der Waals surface area contributed by atoms with Crippen LogP contribution in [0.1, 0.15) is 94.6 Å². The van der Waals surface area contributed by atoms with Crippen LogP contribution in [0.2, 0.25) is 0 Å².